The molecule has 2 atom stereocenters. The van der Waals surface area contributed by atoms with Gasteiger partial charge in [0.15, 0.2) is 4.90 Å². The predicted molar refractivity (Wildman–Crippen MR) is 104 cm³/mol. The lowest BCUT2D eigenvalue weighted by molar-refractivity contribution is -0.00140. The SMILES string of the molecule is Cn1nccc1C1CC(F)(F)CC1Oc1cc(F)c(S(=O)(=O)Nc2ccncn2)c(F)c1. The lowest BCUT2D eigenvalue weighted by Crippen LogP contribution is -2.23. The third kappa shape index (κ3) is 4.38. The summed E-state index contributed by atoms with van der Waals surface area (Å²) in [5.41, 5.74) is 0.487. The van der Waals surface area contributed by atoms with Gasteiger partial charge in [-0.25, -0.2) is 35.9 Å². The molecular weight excluding hydrogens is 454 g/mol. The van der Waals surface area contributed by atoms with Crippen LogP contribution in [0, 0.1) is 11.6 Å². The molecule has 1 N–H and O–H groups in total. The molecule has 2 unspecified atom stereocenters. The first-order valence-corrected chi connectivity index (χ1v) is 10.8. The van der Waals surface area contributed by atoms with E-state index in [4.69, 9.17) is 4.74 Å². The van der Waals surface area contributed by atoms with E-state index < -0.39 is 63.1 Å². The molecule has 0 aliphatic heterocycles. The molecule has 3 aromatic rings. The number of anilines is 1. The number of hydrogen-bond donors (Lipinski definition) is 1. The molecule has 1 saturated carbocycles. The van der Waals surface area contributed by atoms with E-state index in [2.05, 4.69) is 15.1 Å². The molecule has 4 rings (SSSR count). The molecular formula is C19H17F4N5O3S. The highest BCUT2D eigenvalue weighted by atomic mass is 32.2. The number of halogens is 4. The molecule has 0 spiro atoms. The third-order valence-electron chi connectivity index (χ3n) is 5.05. The average Bonchev–Trinajstić information content (AvgIpc) is 3.23. The van der Waals surface area contributed by atoms with Crippen molar-refractivity contribution in [2.45, 2.75) is 35.7 Å². The Morgan fingerprint density at radius 2 is 1.88 bits per heavy atom. The molecule has 0 amide bonds. The molecule has 1 aliphatic rings. The van der Waals surface area contributed by atoms with Gasteiger partial charge in [0.2, 0.25) is 0 Å². The normalized spacial score (nSPS) is 20.3. The summed E-state index contributed by atoms with van der Waals surface area (Å²) in [6.45, 7) is 0. The van der Waals surface area contributed by atoms with E-state index in [9.17, 15) is 26.0 Å². The Labute approximate surface area is 180 Å². The molecule has 0 saturated heterocycles. The number of aromatic nitrogens is 4. The summed E-state index contributed by atoms with van der Waals surface area (Å²) in [5.74, 6) is -7.29. The minimum atomic E-state index is -4.67. The van der Waals surface area contributed by atoms with Gasteiger partial charge < -0.3 is 4.74 Å². The Morgan fingerprint density at radius 3 is 2.47 bits per heavy atom. The van der Waals surface area contributed by atoms with Crippen molar-refractivity contribution in [3.63, 3.8) is 0 Å². The first kappa shape index (κ1) is 22.0. The van der Waals surface area contributed by atoms with E-state index in [1.807, 2.05) is 4.72 Å². The summed E-state index contributed by atoms with van der Waals surface area (Å²) in [4.78, 5) is 6.01. The summed E-state index contributed by atoms with van der Waals surface area (Å²) < 4.78 is 91.2. The van der Waals surface area contributed by atoms with Crippen LogP contribution in [0.25, 0.3) is 0 Å². The molecule has 0 bridgehead atoms. The topological polar surface area (TPSA) is 99.0 Å². The molecule has 1 aromatic carbocycles. The number of sulfonamides is 1. The second kappa shape index (κ2) is 8.04. The number of nitrogens with zero attached hydrogens (tertiary/aromatic N) is 4. The lowest BCUT2D eigenvalue weighted by Gasteiger charge is -2.21. The van der Waals surface area contributed by atoms with E-state index in [0.29, 0.717) is 17.8 Å². The van der Waals surface area contributed by atoms with Crippen LogP contribution in [0.2, 0.25) is 0 Å². The van der Waals surface area contributed by atoms with Crippen LogP contribution in [0.1, 0.15) is 24.5 Å². The second-order valence-electron chi connectivity index (χ2n) is 7.32. The van der Waals surface area contributed by atoms with Gasteiger partial charge in [0, 0.05) is 56.0 Å². The van der Waals surface area contributed by atoms with Crippen LogP contribution in [0.3, 0.4) is 0 Å². The van der Waals surface area contributed by atoms with Crippen LogP contribution in [0.15, 0.2) is 47.9 Å². The number of benzene rings is 1. The Hall–Kier alpha value is -3.22. The fourth-order valence-electron chi connectivity index (χ4n) is 3.72. The first-order chi connectivity index (χ1) is 15.1. The van der Waals surface area contributed by atoms with Gasteiger partial charge in [-0.05, 0) is 12.1 Å². The smallest absolute Gasteiger partial charge is 0.268 e. The van der Waals surface area contributed by atoms with Crippen LogP contribution >= 0.6 is 0 Å². The highest BCUT2D eigenvalue weighted by molar-refractivity contribution is 7.92. The largest absolute Gasteiger partial charge is 0.489 e. The van der Waals surface area contributed by atoms with Crippen molar-refractivity contribution in [1.82, 2.24) is 19.7 Å². The van der Waals surface area contributed by atoms with Gasteiger partial charge in [-0.2, -0.15) is 5.10 Å². The average molecular weight is 471 g/mol. The van der Waals surface area contributed by atoms with E-state index in [-0.39, 0.29) is 5.82 Å². The number of alkyl halides is 2. The number of nitrogens with one attached hydrogen (secondary N) is 1. The fraction of sp³-hybridized carbons (Fsp3) is 0.316. The van der Waals surface area contributed by atoms with Crippen LogP contribution in [0.5, 0.6) is 5.75 Å². The van der Waals surface area contributed by atoms with E-state index in [0.717, 1.165) is 6.33 Å². The number of aryl methyl sites for hydroxylation is 1. The molecule has 1 fully saturated rings. The Kier molecular flexibility index (Phi) is 5.53. The predicted octanol–water partition coefficient (Wildman–Crippen LogP) is 3.25. The number of hydrogen-bond acceptors (Lipinski definition) is 6. The maximum Gasteiger partial charge on any atom is 0.268 e. The van der Waals surface area contributed by atoms with Crippen molar-refractivity contribution in [2.75, 3.05) is 4.72 Å². The standard InChI is InChI=1S/C19H17F4N5O3S/c1-28-15(2-5-26-28)12-8-19(22,23)9-16(12)31-11-6-13(20)18(14(21)7-11)32(29,30)27-17-3-4-24-10-25-17/h2-7,10,12,16H,8-9H2,1H3,(H,24,25,27). The zero-order chi connectivity index (χ0) is 23.1. The van der Waals surface area contributed by atoms with Gasteiger partial charge in [0.05, 0.1) is 0 Å². The summed E-state index contributed by atoms with van der Waals surface area (Å²) in [6, 6.07) is 4.06. The maximum absolute atomic E-state index is 14.6. The molecule has 0 radical (unpaired) electrons. The van der Waals surface area contributed by atoms with E-state index in [1.54, 1.807) is 13.1 Å². The quantitative estimate of drug-likeness (QED) is 0.554. The maximum atomic E-state index is 14.6. The van der Waals surface area contributed by atoms with Gasteiger partial charge in [0.25, 0.3) is 15.9 Å². The van der Waals surface area contributed by atoms with Crippen molar-refractivity contribution >= 4 is 15.8 Å². The molecule has 2 aromatic heterocycles. The summed E-state index contributed by atoms with van der Waals surface area (Å²) >= 11 is 0. The van der Waals surface area contributed by atoms with Crippen molar-refractivity contribution in [2.24, 2.45) is 7.05 Å². The summed E-state index contributed by atoms with van der Waals surface area (Å²) in [7, 11) is -3.08. The third-order valence-corrected chi connectivity index (χ3v) is 6.46. The Morgan fingerprint density at radius 1 is 1.16 bits per heavy atom. The molecule has 1 aliphatic carbocycles. The summed E-state index contributed by atoms with van der Waals surface area (Å²) in [6.07, 6.45) is 1.47. The minimum absolute atomic E-state index is 0.189. The molecule has 13 heteroatoms. The molecule has 170 valence electrons. The van der Waals surface area contributed by atoms with Crippen molar-refractivity contribution in [3.8, 4) is 5.75 Å². The second-order valence-corrected chi connectivity index (χ2v) is 8.94. The molecule has 8 nitrogen and oxygen atoms in total. The van der Waals surface area contributed by atoms with Crippen molar-refractivity contribution in [3.05, 3.63) is 60.3 Å². The van der Waals surface area contributed by atoms with Crippen LogP contribution < -0.4 is 9.46 Å². The van der Waals surface area contributed by atoms with E-state index in [1.165, 1.54) is 23.1 Å². The van der Waals surface area contributed by atoms with E-state index >= 15 is 0 Å². The zero-order valence-corrected chi connectivity index (χ0v) is 17.4. The highest BCUT2D eigenvalue weighted by Crippen LogP contribution is 2.46. The summed E-state index contributed by atoms with van der Waals surface area (Å²) in [5, 5.41) is 3.97. The fourth-order valence-corrected chi connectivity index (χ4v) is 4.85. The van der Waals surface area contributed by atoms with Gasteiger partial charge in [-0.1, -0.05) is 0 Å². The van der Waals surface area contributed by atoms with Crippen LogP contribution in [0.4, 0.5) is 23.4 Å². The monoisotopic (exact) mass is 471 g/mol. The lowest BCUT2D eigenvalue weighted by atomic mass is 10.0. The Balaban J connectivity index is 1.61. The minimum Gasteiger partial charge on any atom is -0.489 e. The Bertz CT molecular complexity index is 1210. The number of ether oxygens (including phenoxy) is 1. The van der Waals surface area contributed by atoms with Crippen molar-refractivity contribution in [1.29, 1.82) is 0 Å². The van der Waals surface area contributed by atoms with Gasteiger partial charge in [0.1, 0.15) is 35.6 Å². The van der Waals surface area contributed by atoms with Crippen LogP contribution in [-0.2, 0) is 17.1 Å². The molecule has 32 heavy (non-hydrogen) atoms. The van der Waals surface area contributed by atoms with Crippen molar-refractivity contribution < 1.29 is 30.7 Å². The first-order valence-electron chi connectivity index (χ1n) is 9.36. The highest BCUT2D eigenvalue weighted by Gasteiger charge is 2.49. The van der Waals surface area contributed by atoms with Crippen LogP contribution in [-0.4, -0.2) is 40.2 Å². The van der Waals surface area contributed by atoms with Gasteiger partial charge >= 0.3 is 0 Å². The van der Waals surface area contributed by atoms with Gasteiger partial charge in [-0.3, -0.25) is 9.40 Å². The zero-order valence-electron chi connectivity index (χ0n) is 16.5. The molecule has 2 heterocycles. The van der Waals surface area contributed by atoms with Gasteiger partial charge in [-0.15, -0.1) is 0 Å². The number of rotatable bonds is 6.